The van der Waals surface area contributed by atoms with Crippen LogP contribution in [-0.4, -0.2) is 17.8 Å². The van der Waals surface area contributed by atoms with Gasteiger partial charge in [-0.3, -0.25) is 9.79 Å². The monoisotopic (exact) mass is 284 g/mol. The van der Waals surface area contributed by atoms with Gasteiger partial charge in [-0.05, 0) is 24.3 Å². The van der Waals surface area contributed by atoms with Crippen LogP contribution in [0.15, 0.2) is 35.3 Å². The van der Waals surface area contributed by atoms with Gasteiger partial charge in [-0.25, -0.2) is 0 Å². The topological polar surface area (TPSA) is 41.5 Å². The fourth-order valence-corrected chi connectivity index (χ4v) is 3.69. The third-order valence-electron chi connectivity index (χ3n) is 4.90. The van der Waals surface area contributed by atoms with E-state index in [4.69, 9.17) is 4.99 Å². The van der Waals surface area contributed by atoms with Gasteiger partial charge in [0.1, 0.15) is 11.9 Å². The lowest BCUT2D eigenvalue weighted by Gasteiger charge is -2.37. The molecule has 0 spiro atoms. The normalized spacial score (nSPS) is 24.8. The second-order valence-corrected chi connectivity index (χ2v) is 6.66. The molecule has 0 saturated heterocycles. The third-order valence-corrected chi connectivity index (χ3v) is 4.90. The summed E-state index contributed by atoms with van der Waals surface area (Å²) in [6, 6.07) is 10.4. The number of carbonyl (C=O) groups excluding carboxylic acids is 1. The highest BCUT2D eigenvalue weighted by atomic mass is 16.2. The van der Waals surface area contributed by atoms with Gasteiger partial charge < -0.3 is 5.32 Å². The Hall–Kier alpha value is -1.64. The van der Waals surface area contributed by atoms with Crippen LogP contribution in [0.3, 0.4) is 0 Å². The molecular weight excluding hydrogens is 260 g/mol. The first-order valence-electron chi connectivity index (χ1n) is 8.08. The number of benzene rings is 1. The van der Waals surface area contributed by atoms with Gasteiger partial charge in [0.05, 0.1) is 5.41 Å². The molecule has 1 aromatic rings. The molecule has 2 aliphatic rings. The Labute approximate surface area is 126 Å². The van der Waals surface area contributed by atoms with E-state index in [9.17, 15) is 4.79 Å². The van der Waals surface area contributed by atoms with Crippen LogP contribution < -0.4 is 5.32 Å². The molecule has 0 aromatic heterocycles. The summed E-state index contributed by atoms with van der Waals surface area (Å²) in [5.41, 5.74) is 1.21. The highest BCUT2D eigenvalue weighted by Gasteiger charge is 2.44. The number of amides is 1. The SMILES string of the molecule is CC(C)C1N=C(C2(c3ccccc3)CCCCC2)NC1=O. The Morgan fingerprint density at radius 2 is 1.81 bits per heavy atom. The number of hydrogen-bond acceptors (Lipinski definition) is 2. The van der Waals surface area contributed by atoms with Crippen molar-refractivity contribution in [3.05, 3.63) is 35.9 Å². The summed E-state index contributed by atoms with van der Waals surface area (Å²) < 4.78 is 0. The fraction of sp³-hybridized carbons (Fsp3) is 0.556. The number of nitrogens with one attached hydrogen (secondary N) is 1. The van der Waals surface area contributed by atoms with Gasteiger partial charge in [0, 0.05) is 0 Å². The molecule has 1 N–H and O–H groups in total. The largest absolute Gasteiger partial charge is 0.312 e. The lowest BCUT2D eigenvalue weighted by Crippen LogP contribution is -2.45. The van der Waals surface area contributed by atoms with Crippen LogP contribution in [0.1, 0.15) is 51.5 Å². The molecule has 0 radical (unpaired) electrons. The number of amidine groups is 1. The number of rotatable bonds is 3. The molecule has 3 heteroatoms. The lowest BCUT2D eigenvalue weighted by atomic mass is 9.68. The van der Waals surface area contributed by atoms with Gasteiger partial charge in [0.25, 0.3) is 0 Å². The van der Waals surface area contributed by atoms with E-state index in [1.54, 1.807) is 0 Å². The van der Waals surface area contributed by atoms with E-state index in [1.165, 1.54) is 24.8 Å². The van der Waals surface area contributed by atoms with Gasteiger partial charge in [-0.2, -0.15) is 0 Å². The predicted molar refractivity (Wildman–Crippen MR) is 85.4 cm³/mol. The minimum absolute atomic E-state index is 0.0703. The van der Waals surface area contributed by atoms with E-state index in [2.05, 4.69) is 43.4 Å². The Balaban J connectivity index is 2.01. The molecule has 1 amide bonds. The van der Waals surface area contributed by atoms with Crippen LogP contribution in [0, 0.1) is 5.92 Å². The summed E-state index contributed by atoms with van der Waals surface area (Å²) in [5.74, 6) is 1.23. The highest BCUT2D eigenvalue weighted by molar-refractivity contribution is 6.10. The minimum Gasteiger partial charge on any atom is -0.312 e. The molecule has 0 bridgehead atoms. The van der Waals surface area contributed by atoms with E-state index in [-0.39, 0.29) is 23.3 Å². The Morgan fingerprint density at radius 1 is 1.14 bits per heavy atom. The van der Waals surface area contributed by atoms with Crippen LogP contribution in [0.2, 0.25) is 0 Å². The highest BCUT2D eigenvalue weighted by Crippen LogP contribution is 2.41. The molecule has 1 atom stereocenters. The first kappa shape index (κ1) is 14.3. The second-order valence-electron chi connectivity index (χ2n) is 6.66. The Kier molecular flexibility index (Phi) is 3.83. The van der Waals surface area contributed by atoms with Crippen molar-refractivity contribution in [2.45, 2.75) is 57.4 Å². The van der Waals surface area contributed by atoms with Gasteiger partial charge in [0.15, 0.2) is 0 Å². The summed E-state index contributed by atoms with van der Waals surface area (Å²) >= 11 is 0. The molecule has 1 saturated carbocycles. The smallest absolute Gasteiger partial charge is 0.250 e. The average molecular weight is 284 g/mol. The van der Waals surface area contributed by atoms with Crippen molar-refractivity contribution in [1.82, 2.24) is 5.32 Å². The maximum atomic E-state index is 12.2. The summed E-state index contributed by atoms with van der Waals surface area (Å²) in [6.07, 6.45) is 5.86. The van der Waals surface area contributed by atoms with Crippen LogP contribution in [-0.2, 0) is 10.2 Å². The lowest BCUT2D eigenvalue weighted by molar-refractivity contribution is -0.120. The first-order chi connectivity index (χ1) is 10.1. The first-order valence-corrected chi connectivity index (χ1v) is 8.08. The average Bonchev–Trinajstić information content (AvgIpc) is 2.91. The molecule has 1 aliphatic carbocycles. The van der Waals surface area contributed by atoms with Crippen molar-refractivity contribution in [2.24, 2.45) is 10.9 Å². The van der Waals surface area contributed by atoms with Gasteiger partial charge in [0.2, 0.25) is 5.91 Å². The van der Waals surface area contributed by atoms with Crippen LogP contribution in [0.4, 0.5) is 0 Å². The maximum absolute atomic E-state index is 12.2. The van der Waals surface area contributed by atoms with Crippen LogP contribution >= 0.6 is 0 Å². The van der Waals surface area contributed by atoms with Gasteiger partial charge in [-0.15, -0.1) is 0 Å². The van der Waals surface area contributed by atoms with E-state index in [0.29, 0.717) is 0 Å². The van der Waals surface area contributed by atoms with E-state index >= 15 is 0 Å². The van der Waals surface area contributed by atoms with Crippen molar-refractivity contribution >= 4 is 11.7 Å². The summed E-state index contributed by atoms with van der Waals surface area (Å²) in [6.45, 7) is 4.12. The van der Waals surface area contributed by atoms with Crippen molar-refractivity contribution < 1.29 is 4.79 Å². The molecule has 21 heavy (non-hydrogen) atoms. The van der Waals surface area contributed by atoms with Crippen LogP contribution in [0.5, 0.6) is 0 Å². The number of aliphatic imine (C=N–C) groups is 1. The summed E-state index contributed by atoms with van der Waals surface area (Å²) in [7, 11) is 0. The van der Waals surface area contributed by atoms with Crippen molar-refractivity contribution in [3.8, 4) is 0 Å². The molecule has 1 fully saturated rings. The molecule has 3 rings (SSSR count). The van der Waals surface area contributed by atoms with Gasteiger partial charge >= 0.3 is 0 Å². The number of carbonyl (C=O) groups is 1. The van der Waals surface area contributed by atoms with Crippen molar-refractivity contribution in [1.29, 1.82) is 0 Å². The van der Waals surface area contributed by atoms with Gasteiger partial charge in [-0.1, -0.05) is 63.4 Å². The zero-order chi connectivity index (χ0) is 14.9. The fourth-order valence-electron chi connectivity index (χ4n) is 3.69. The molecule has 3 nitrogen and oxygen atoms in total. The summed E-state index contributed by atoms with van der Waals surface area (Å²) in [5, 5.41) is 3.11. The molecule has 1 heterocycles. The van der Waals surface area contributed by atoms with Crippen molar-refractivity contribution in [3.63, 3.8) is 0 Å². The standard InChI is InChI=1S/C18H24N2O/c1-13(2)15-16(21)20-17(19-15)18(11-7-4-8-12-18)14-9-5-3-6-10-14/h3,5-6,9-10,13,15H,4,7-8,11-12H2,1-2H3,(H,19,20,21). The predicted octanol–water partition coefficient (Wildman–Crippen LogP) is 3.44. The van der Waals surface area contributed by atoms with E-state index in [1.807, 2.05) is 6.07 Å². The Morgan fingerprint density at radius 3 is 2.38 bits per heavy atom. The van der Waals surface area contributed by atoms with E-state index < -0.39 is 0 Å². The minimum atomic E-state index is -0.220. The van der Waals surface area contributed by atoms with E-state index in [0.717, 1.165) is 18.7 Å². The number of hydrogen-bond donors (Lipinski definition) is 1. The van der Waals surface area contributed by atoms with Crippen molar-refractivity contribution in [2.75, 3.05) is 0 Å². The quantitative estimate of drug-likeness (QED) is 0.907. The molecular formula is C18H24N2O. The molecule has 112 valence electrons. The Bertz CT molecular complexity index is 542. The molecule has 1 aromatic carbocycles. The number of nitrogens with zero attached hydrogens (tertiary/aromatic N) is 1. The molecule has 1 aliphatic heterocycles. The molecule has 1 unspecified atom stereocenters. The zero-order valence-corrected chi connectivity index (χ0v) is 12.9. The maximum Gasteiger partial charge on any atom is 0.250 e. The third kappa shape index (κ3) is 2.50. The second kappa shape index (κ2) is 5.63. The summed E-state index contributed by atoms with van der Waals surface area (Å²) in [4.78, 5) is 17.0. The van der Waals surface area contributed by atoms with Crippen LogP contribution in [0.25, 0.3) is 0 Å². The zero-order valence-electron chi connectivity index (χ0n) is 12.9.